The quantitative estimate of drug-likeness (QED) is 0.485. The van der Waals surface area contributed by atoms with E-state index in [0.29, 0.717) is 12.2 Å². The summed E-state index contributed by atoms with van der Waals surface area (Å²) in [6, 6.07) is 6.07. The summed E-state index contributed by atoms with van der Waals surface area (Å²) in [6.07, 6.45) is 6.73. The highest BCUT2D eigenvalue weighted by atomic mass is 16.1. The first-order chi connectivity index (χ1) is 8.16. The van der Waals surface area contributed by atoms with Crippen LogP contribution in [-0.4, -0.2) is 5.78 Å². The van der Waals surface area contributed by atoms with Crippen molar-refractivity contribution in [3.63, 3.8) is 0 Å². The first-order valence-corrected chi connectivity index (χ1v) is 6.76. The van der Waals surface area contributed by atoms with Gasteiger partial charge in [0.05, 0.1) is 0 Å². The Kier molecular flexibility index (Phi) is 5.96. The molecule has 0 radical (unpaired) electrons. The molecule has 0 unspecified atom stereocenters. The van der Waals surface area contributed by atoms with Crippen LogP contribution in [0.4, 0.5) is 0 Å². The van der Waals surface area contributed by atoms with Crippen molar-refractivity contribution in [3.05, 3.63) is 34.9 Å². The number of hydrogen-bond acceptors (Lipinski definition) is 1. The van der Waals surface area contributed by atoms with Crippen LogP contribution in [0, 0.1) is 13.8 Å². The van der Waals surface area contributed by atoms with E-state index in [1.54, 1.807) is 0 Å². The Morgan fingerprint density at radius 3 is 2.18 bits per heavy atom. The molecule has 0 spiro atoms. The molecule has 94 valence electrons. The molecule has 0 saturated heterocycles. The molecule has 0 bridgehead atoms. The third-order valence-corrected chi connectivity index (χ3v) is 3.27. The number of Topliss-reactive ketones (excluding diaryl/α,β-unsaturated/α-hetero) is 1. The Hall–Kier alpha value is -1.11. The van der Waals surface area contributed by atoms with E-state index in [-0.39, 0.29) is 0 Å². The fraction of sp³-hybridized carbons (Fsp3) is 0.562. The minimum atomic E-state index is 0.317. The predicted molar refractivity (Wildman–Crippen MR) is 73.6 cm³/mol. The standard InChI is InChI=1S/C16H24O/c1-4-5-6-7-8-12-15(17)16-13(2)10-9-11-14(16)3/h9-11H,4-8,12H2,1-3H3. The Morgan fingerprint density at radius 1 is 1.00 bits per heavy atom. The van der Waals surface area contributed by atoms with Crippen LogP contribution in [-0.2, 0) is 0 Å². The zero-order valence-corrected chi connectivity index (χ0v) is 11.4. The van der Waals surface area contributed by atoms with Gasteiger partial charge in [0.15, 0.2) is 5.78 Å². The lowest BCUT2D eigenvalue weighted by Crippen LogP contribution is -2.04. The Bertz CT molecular complexity index is 346. The highest BCUT2D eigenvalue weighted by molar-refractivity contribution is 5.98. The van der Waals surface area contributed by atoms with Gasteiger partial charge in [-0.05, 0) is 31.4 Å². The summed E-state index contributed by atoms with van der Waals surface area (Å²) in [5, 5.41) is 0. The highest BCUT2D eigenvalue weighted by Gasteiger charge is 2.10. The number of benzene rings is 1. The van der Waals surface area contributed by atoms with E-state index in [4.69, 9.17) is 0 Å². The van der Waals surface area contributed by atoms with Crippen LogP contribution in [0.2, 0.25) is 0 Å². The topological polar surface area (TPSA) is 17.1 Å². The van der Waals surface area contributed by atoms with Crippen LogP contribution in [0.3, 0.4) is 0 Å². The highest BCUT2D eigenvalue weighted by Crippen LogP contribution is 2.17. The van der Waals surface area contributed by atoms with Gasteiger partial charge in [0, 0.05) is 12.0 Å². The number of carbonyl (C=O) groups excluding carboxylic acids is 1. The van der Waals surface area contributed by atoms with E-state index >= 15 is 0 Å². The van der Waals surface area contributed by atoms with Crippen molar-refractivity contribution in [3.8, 4) is 0 Å². The second kappa shape index (κ2) is 7.26. The second-order valence-corrected chi connectivity index (χ2v) is 4.85. The van der Waals surface area contributed by atoms with Gasteiger partial charge < -0.3 is 0 Å². The molecular formula is C16H24O. The molecule has 1 rings (SSSR count). The number of hydrogen-bond donors (Lipinski definition) is 0. The van der Waals surface area contributed by atoms with E-state index in [0.717, 1.165) is 23.1 Å². The van der Waals surface area contributed by atoms with Gasteiger partial charge in [0.2, 0.25) is 0 Å². The Balaban J connectivity index is 2.47. The van der Waals surface area contributed by atoms with E-state index in [9.17, 15) is 4.79 Å². The summed E-state index contributed by atoms with van der Waals surface area (Å²) < 4.78 is 0. The molecule has 0 N–H and O–H groups in total. The maximum Gasteiger partial charge on any atom is 0.163 e. The number of unbranched alkanes of at least 4 members (excludes halogenated alkanes) is 4. The number of aryl methyl sites for hydroxylation is 2. The lowest BCUT2D eigenvalue weighted by atomic mass is 9.96. The van der Waals surface area contributed by atoms with Crippen molar-refractivity contribution in [1.82, 2.24) is 0 Å². The van der Waals surface area contributed by atoms with Crippen LogP contribution in [0.25, 0.3) is 0 Å². The van der Waals surface area contributed by atoms with Gasteiger partial charge in [0.1, 0.15) is 0 Å². The maximum absolute atomic E-state index is 12.1. The molecule has 0 aliphatic carbocycles. The lowest BCUT2D eigenvalue weighted by Gasteiger charge is -2.08. The average molecular weight is 232 g/mol. The molecule has 0 aliphatic heterocycles. The van der Waals surface area contributed by atoms with Crippen molar-refractivity contribution >= 4 is 5.78 Å². The first-order valence-electron chi connectivity index (χ1n) is 6.76. The SMILES string of the molecule is CCCCCCCC(=O)c1c(C)cccc1C. The van der Waals surface area contributed by atoms with Gasteiger partial charge in [-0.3, -0.25) is 4.79 Å². The van der Waals surface area contributed by atoms with Crippen LogP contribution in [0.5, 0.6) is 0 Å². The smallest absolute Gasteiger partial charge is 0.163 e. The van der Waals surface area contributed by atoms with Gasteiger partial charge in [-0.15, -0.1) is 0 Å². The molecule has 1 aromatic carbocycles. The molecule has 0 heterocycles. The number of rotatable bonds is 7. The molecule has 0 amide bonds. The minimum absolute atomic E-state index is 0.317. The van der Waals surface area contributed by atoms with E-state index in [1.165, 1.54) is 25.7 Å². The van der Waals surface area contributed by atoms with Crippen molar-refractivity contribution < 1.29 is 4.79 Å². The molecule has 0 fully saturated rings. The molecule has 0 atom stereocenters. The van der Waals surface area contributed by atoms with Gasteiger partial charge in [-0.2, -0.15) is 0 Å². The molecule has 0 aliphatic rings. The van der Waals surface area contributed by atoms with Gasteiger partial charge in [0.25, 0.3) is 0 Å². The molecule has 17 heavy (non-hydrogen) atoms. The Morgan fingerprint density at radius 2 is 1.59 bits per heavy atom. The van der Waals surface area contributed by atoms with E-state index in [1.807, 2.05) is 32.0 Å². The fourth-order valence-electron chi connectivity index (χ4n) is 2.27. The zero-order chi connectivity index (χ0) is 12.7. The second-order valence-electron chi connectivity index (χ2n) is 4.85. The Labute approximate surface area is 105 Å². The normalized spacial score (nSPS) is 10.5. The van der Waals surface area contributed by atoms with E-state index < -0.39 is 0 Å². The van der Waals surface area contributed by atoms with E-state index in [2.05, 4.69) is 6.92 Å². The molecule has 0 aromatic heterocycles. The third-order valence-electron chi connectivity index (χ3n) is 3.27. The summed E-state index contributed by atoms with van der Waals surface area (Å²) >= 11 is 0. The monoisotopic (exact) mass is 232 g/mol. The van der Waals surface area contributed by atoms with Crippen molar-refractivity contribution in [2.24, 2.45) is 0 Å². The van der Waals surface area contributed by atoms with Gasteiger partial charge in [-0.1, -0.05) is 50.8 Å². The minimum Gasteiger partial charge on any atom is -0.294 e. The van der Waals surface area contributed by atoms with Crippen LogP contribution in [0.15, 0.2) is 18.2 Å². The first kappa shape index (κ1) is 14.0. The van der Waals surface area contributed by atoms with Crippen molar-refractivity contribution in [2.75, 3.05) is 0 Å². The summed E-state index contributed by atoms with van der Waals surface area (Å²) in [6.45, 7) is 6.26. The van der Waals surface area contributed by atoms with Crippen molar-refractivity contribution in [2.45, 2.75) is 59.3 Å². The number of carbonyl (C=O) groups is 1. The maximum atomic E-state index is 12.1. The summed E-state index contributed by atoms with van der Waals surface area (Å²) in [5.74, 6) is 0.317. The molecule has 1 heteroatoms. The lowest BCUT2D eigenvalue weighted by molar-refractivity contribution is 0.0978. The van der Waals surface area contributed by atoms with Crippen LogP contribution < -0.4 is 0 Å². The van der Waals surface area contributed by atoms with Crippen LogP contribution in [0.1, 0.15) is 66.9 Å². The van der Waals surface area contributed by atoms with Gasteiger partial charge >= 0.3 is 0 Å². The van der Waals surface area contributed by atoms with Crippen molar-refractivity contribution in [1.29, 1.82) is 0 Å². The zero-order valence-electron chi connectivity index (χ0n) is 11.4. The predicted octanol–water partition coefficient (Wildman–Crippen LogP) is 4.85. The largest absolute Gasteiger partial charge is 0.294 e. The summed E-state index contributed by atoms with van der Waals surface area (Å²) in [5.41, 5.74) is 3.18. The third kappa shape index (κ3) is 4.33. The average Bonchev–Trinajstić information content (AvgIpc) is 2.28. The molecular weight excluding hydrogens is 208 g/mol. The molecule has 1 aromatic rings. The van der Waals surface area contributed by atoms with Crippen LogP contribution >= 0.6 is 0 Å². The van der Waals surface area contributed by atoms with Gasteiger partial charge in [-0.25, -0.2) is 0 Å². The summed E-state index contributed by atoms with van der Waals surface area (Å²) in [4.78, 5) is 12.1. The summed E-state index contributed by atoms with van der Waals surface area (Å²) in [7, 11) is 0. The molecule has 0 saturated carbocycles. The fourth-order valence-corrected chi connectivity index (χ4v) is 2.27. The molecule has 1 nitrogen and oxygen atoms in total. The number of ketones is 1.